The standard InChI is InChI=1S/C15H13BrO3S/c16-13-8-4-7-12(15(17)18)14(13)19-9-10-20-11-5-2-1-3-6-11/h1-8H,9-10H2,(H,17,18). The first-order valence-corrected chi connectivity index (χ1v) is 7.79. The molecular weight excluding hydrogens is 340 g/mol. The van der Waals surface area contributed by atoms with Crippen molar-refractivity contribution >= 4 is 33.7 Å². The van der Waals surface area contributed by atoms with Crippen LogP contribution in [0.25, 0.3) is 0 Å². The number of aromatic carboxylic acids is 1. The lowest BCUT2D eigenvalue weighted by atomic mass is 10.2. The number of halogens is 1. The van der Waals surface area contributed by atoms with Crippen LogP contribution in [-0.2, 0) is 0 Å². The molecule has 0 unspecified atom stereocenters. The molecule has 0 radical (unpaired) electrons. The number of hydrogen-bond donors (Lipinski definition) is 1. The van der Waals surface area contributed by atoms with Gasteiger partial charge >= 0.3 is 5.97 Å². The molecule has 0 spiro atoms. The zero-order chi connectivity index (χ0) is 14.4. The lowest BCUT2D eigenvalue weighted by Gasteiger charge is -2.10. The number of benzene rings is 2. The van der Waals surface area contributed by atoms with E-state index in [1.165, 1.54) is 11.0 Å². The molecule has 0 aromatic heterocycles. The Kier molecular flexibility index (Phi) is 5.49. The van der Waals surface area contributed by atoms with Gasteiger partial charge < -0.3 is 9.84 Å². The molecule has 5 heteroatoms. The van der Waals surface area contributed by atoms with E-state index >= 15 is 0 Å². The summed E-state index contributed by atoms with van der Waals surface area (Å²) in [6.45, 7) is 0.447. The summed E-state index contributed by atoms with van der Waals surface area (Å²) in [5.41, 5.74) is 0.170. The number of thioether (sulfide) groups is 1. The van der Waals surface area contributed by atoms with E-state index in [2.05, 4.69) is 15.9 Å². The maximum absolute atomic E-state index is 11.1. The summed E-state index contributed by atoms with van der Waals surface area (Å²) in [5, 5.41) is 9.12. The third-order valence-corrected chi connectivity index (χ3v) is 4.14. The molecule has 20 heavy (non-hydrogen) atoms. The van der Waals surface area contributed by atoms with E-state index in [1.54, 1.807) is 23.9 Å². The van der Waals surface area contributed by atoms with Gasteiger partial charge in [-0.15, -0.1) is 11.8 Å². The molecule has 0 aliphatic rings. The molecule has 0 atom stereocenters. The first-order chi connectivity index (χ1) is 9.68. The number of carboxylic acids is 1. The van der Waals surface area contributed by atoms with Crippen molar-refractivity contribution in [1.82, 2.24) is 0 Å². The van der Waals surface area contributed by atoms with Crippen molar-refractivity contribution < 1.29 is 14.6 Å². The summed E-state index contributed by atoms with van der Waals surface area (Å²) >= 11 is 4.99. The topological polar surface area (TPSA) is 46.5 Å². The van der Waals surface area contributed by atoms with Gasteiger partial charge in [-0.05, 0) is 40.2 Å². The summed E-state index contributed by atoms with van der Waals surface area (Å²) < 4.78 is 6.26. The first kappa shape index (κ1) is 14.9. The smallest absolute Gasteiger partial charge is 0.339 e. The summed E-state index contributed by atoms with van der Waals surface area (Å²) in [5.74, 6) is 0.149. The molecule has 3 nitrogen and oxygen atoms in total. The van der Waals surface area contributed by atoms with Crippen LogP contribution in [0.5, 0.6) is 5.75 Å². The van der Waals surface area contributed by atoms with Gasteiger partial charge in [-0.25, -0.2) is 4.79 Å². The van der Waals surface area contributed by atoms with Crippen molar-refractivity contribution in [3.05, 3.63) is 58.6 Å². The molecule has 0 amide bonds. The third-order valence-electron chi connectivity index (χ3n) is 2.54. The largest absolute Gasteiger partial charge is 0.491 e. The minimum Gasteiger partial charge on any atom is -0.491 e. The van der Waals surface area contributed by atoms with Gasteiger partial charge in [-0.3, -0.25) is 0 Å². The molecule has 0 bridgehead atoms. The predicted molar refractivity (Wildman–Crippen MR) is 83.8 cm³/mol. The van der Waals surface area contributed by atoms with Crippen molar-refractivity contribution in [1.29, 1.82) is 0 Å². The SMILES string of the molecule is O=C(O)c1cccc(Br)c1OCCSc1ccccc1. The summed E-state index contributed by atoms with van der Waals surface area (Å²) in [4.78, 5) is 12.3. The fraction of sp³-hybridized carbons (Fsp3) is 0.133. The fourth-order valence-electron chi connectivity index (χ4n) is 1.64. The maximum atomic E-state index is 11.1. The van der Waals surface area contributed by atoms with Gasteiger partial charge in [-0.2, -0.15) is 0 Å². The average Bonchev–Trinajstić information content (AvgIpc) is 2.45. The zero-order valence-electron chi connectivity index (χ0n) is 10.6. The lowest BCUT2D eigenvalue weighted by Crippen LogP contribution is -2.06. The van der Waals surface area contributed by atoms with E-state index in [0.29, 0.717) is 16.8 Å². The van der Waals surface area contributed by atoms with Crippen LogP contribution in [0.3, 0.4) is 0 Å². The molecule has 1 N–H and O–H groups in total. The normalized spacial score (nSPS) is 10.2. The second kappa shape index (κ2) is 7.36. The highest BCUT2D eigenvalue weighted by atomic mass is 79.9. The molecule has 0 fully saturated rings. The molecule has 0 aliphatic heterocycles. The van der Waals surface area contributed by atoms with Crippen LogP contribution in [0.1, 0.15) is 10.4 Å². The molecule has 2 aromatic carbocycles. The Morgan fingerprint density at radius 3 is 2.60 bits per heavy atom. The number of hydrogen-bond acceptors (Lipinski definition) is 3. The highest BCUT2D eigenvalue weighted by Crippen LogP contribution is 2.29. The van der Waals surface area contributed by atoms with E-state index < -0.39 is 5.97 Å². The van der Waals surface area contributed by atoms with Gasteiger partial charge in [0.1, 0.15) is 11.3 Å². The van der Waals surface area contributed by atoms with Crippen LogP contribution in [-0.4, -0.2) is 23.4 Å². The molecule has 104 valence electrons. The fourth-order valence-corrected chi connectivity index (χ4v) is 2.88. The van der Waals surface area contributed by atoms with Crippen molar-refractivity contribution in [3.8, 4) is 5.75 Å². The van der Waals surface area contributed by atoms with Crippen LogP contribution in [0.15, 0.2) is 57.9 Å². The monoisotopic (exact) mass is 352 g/mol. The molecular formula is C15H13BrO3S. The number of carboxylic acid groups (broad SMARTS) is 1. The molecule has 0 heterocycles. The zero-order valence-corrected chi connectivity index (χ0v) is 13.0. The van der Waals surface area contributed by atoms with Crippen molar-refractivity contribution in [2.24, 2.45) is 0 Å². The molecule has 0 aliphatic carbocycles. The van der Waals surface area contributed by atoms with E-state index in [-0.39, 0.29) is 5.56 Å². The van der Waals surface area contributed by atoms with E-state index in [4.69, 9.17) is 9.84 Å². The average molecular weight is 353 g/mol. The van der Waals surface area contributed by atoms with Crippen LogP contribution < -0.4 is 4.74 Å². The summed E-state index contributed by atoms with van der Waals surface area (Å²) in [7, 11) is 0. The maximum Gasteiger partial charge on any atom is 0.339 e. The quantitative estimate of drug-likeness (QED) is 0.621. The van der Waals surface area contributed by atoms with Crippen LogP contribution in [0, 0.1) is 0 Å². The molecule has 2 rings (SSSR count). The Bertz CT molecular complexity index is 587. The lowest BCUT2D eigenvalue weighted by molar-refractivity contribution is 0.0692. The van der Waals surface area contributed by atoms with E-state index in [1.807, 2.05) is 30.3 Å². The van der Waals surface area contributed by atoms with Crippen molar-refractivity contribution in [3.63, 3.8) is 0 Å². The second-order valence-electron chi connectivity index (χ2n) is 3.93. The van der Waals surface area contributed by atoms with Crippen LogP contribution >= 0.6 is 27.7 Å². The number of ether oxygens (including phenoxy) is 1. The first-order valence-electron chi connectivity index (χ1n) is 6.01. The number of para-hydroxylation sites is 1. The minimum atomic E-state index is -0.989. The second-order valence-corrected chi connectivity index (χ2v) is 5.95. The highest BCUT2D eigenvalue weighted by Gasteiger charge is 2.13. The van der Waals surface area contributed by atoms with E-state index in [9.17, 15) is 4.79 Å². The van der Waals surface area contributed by atoms with Gasteiger partial charge in [0, 0.05) is 10.6 Å². The molecule has 2 aromatic rings. The minimum absolute atomic E-state index is 0.170. The van der Waals surface area contributed by atoms with Gasteiger partial charge in [0.15, 0.2) is 0 Å². The van der Waals surface area contributed by atoms with Crippen LogP contribution in [0.4, 0.5) is 0 Å². The Balaban J connectivity index is 1.93. The van der Waals surface area contributed by atoms with Crippen molar-refractivity contribution in [2.75, 3.05) is 12.4 Å². The Hall–Kier alpha value is -1.46. The molecule has 0 saturated heterocycles. The number of rotatable bonds is 6. The summed E-state index contributed by atoms with van der Waals surface area (Å²) in [6, 6.07) is 15.0. The third kappa shape index (κ3) is 4.02. The van der Waals surface area contributed by atoms with Gasteiger partial charge in [-0.1, -0.05) is 24.3 Å². The van der Waals surface area contributed by atoms with Crippen LogP contribution in [0.2, 0.25) is 0 Å². The number of carbonyl (C=O) groups is 1. The Morgan fingerprint density at radius 2 is 1.90 bits per heavy atom. The van der Waals surface area contributed by atoms with E-state index in [0.717, 1.165) is 5.75 Å². The predicted octanol–water partition coefficient (Wildman–Crippen LogP) is 4.32. The molecule has 0 saturated carbocycles. The van der Waals surface area contributed by atoms with Gasteiger partial charge in [0.2, 0.25) is 0 Å². The Morgan fingerprint density at radius 1 is 1.15 bits per heavy atom. The van der Waals surface area contributed by atoms with Gasteiger partial charge in [0.05, 0.1) is 11.1 Å². The summed E-state index contributed by atoms with van der Waals surface area (Å²) in [6.07, 6.45) is 0. The van der Waals surface area contributed by atoms with Crippen molar-refractivity contribution in [2.45, 2.75) is 4.90 Å². The van der Waals surface area contributed by atoms with Gasteiger partial charge in [0.25, 0.3) is 0 Å². The Labute approximate surface area is 130 Å². The highest BCUT2D eigenvalue weighted by molar-refractivity contribution is 9.10.